The first-order valence-electron chi connectivity index (χ1n) is 3.84. The van der Waals surface area contributed by atoms with Crippen LogP contribution in [0.4, 0.5) is 0 Å². The largest absolute Gasteiger partial charge is 0.347 e. The highest BCUT2D eigenvalue weighted by atomic mass is 16.2. The lowest BCUT2D eigenvalue weighted by Gasteiger charge is -2.26. The molecule has 0 saturated carbocycles. The van der Waals surface area contributed by atoms with Crippen molar-refractivity contribution in [3.05, 3.63) is 23.8 Å². The van der Waals surface area contributed by atoms with E-state index in [1.165, 1.54) is 0 Å². The van der Waals surface area contributed by atoms with Crippen LogP contribution < -0.4 is 5.32 Å². The molecule has 4 heteroatoms. The van der Waals surface area contributed by atoms with Crippen molar-refractivity contribution in [2.75, 3.05) is 0 Å². The molecule has 0 aromatic carbocycles. The van der Waals surface area contributed by atoms with Crippen molar-refractivity contribution >= 4 is 5.91 Å². The van der Waals surface area contributed by atoms with Crippen molar-refractivity contribution in [1.29, 1.82) is 0 Å². The maximum atomic E-state index is 10.6. The van der Waals surface area contributed by atoms with E-state index in [0.29, 0.717) is 6.42 Å². The first kappa shape index (κ1) is 7.21. The normalized spacial score (nSPS) is 21.4. The van der Waals surface area contributed by atoms with Gasteiger partial charge < -0.3 is 5.32 Å². The van der Waals surface area contributed by atoms with Crippen LogP contribution in [0.2, 0.25) is 0 Å². The van der Waals surface area contributed by atoms with Gasteiger partial charge in [0.15, 0.2) is 0 Å². The standard InChI is InChI=1S/C8H9N3O/c1-5-9-3-2-6(10-5)7-4-8(12)11-7/h2-3,7H,4H2,1H3,(H,11,12). The van der Waals surface area contributed by atoms with Gasteiger partial charge in [-0.3, -0.25) is 4.79 Å². The van der Waals surface area contributed by atoms with Crippen LogP contribution in [0.15, 0.2) is 12.3 Å². The third-order valence-electron chi connectivity index (χ3n) is 1.88. The van der Waals surface area contributed by atoms with Crippen LogP contribution in [0, 0.1) is 6.92 Å². The van der Waals surface area contributed by atoms with Gasteiger partial charge in [0.05, 0.1) is 18.2 Å². The predicted molar refractivity (Wildman–Crippen MR) is 42.3 cm³/mol. The highest BCUT2D eigenvalue weighted by Gasteiger charge is 2.27. The van der Waals surface area contributed by atoms with Crippen molar-refractivity contribution in [3.63, 3.8) is 0 Å². The zero-order valence-electron chi connectivity index (χ0n) is 6.74. The number of carbonyl (C=O) groups is 1. The summed E-state index contributed by atoms with van der Waals surface area (Å²) in [5.41, 5.74) is 0.905. The summed E-state index contributed by atoms with van der Waals surface area (Å²) >= 11 is 0. The van der Waals surface area contributed by atoms with E-state index >= 15 is 0 Å². The Morgan fingerprint density at radius 1 is 1.67 bits per heavy atom. The summed E-state index contributed by atoms with van der Waals surface area (Å²) in [6.07, 6.45) is 2.26. The van der Waals surface area contributed by atoms with Gasteiger partial charge in [0.1, 0.15) is 5.82 Å². The molecule has 1 unspecified atom stereocenters. The Morgan fingerprint density at radius 2 is 2.42 bits per heavy atom. The molecule has 0 radical (unpaired) electrons. The number of carbonyl (C=O) groups excluding carboxylic acids is 1. The minimum Gasteiger partial charge on any atom is -0.347 e. The van der Waals surface area contributed by atoms with Crippen LogP contribution in [0.3, 0.4) is 0 Å². The van der Waals surface area contributed by atoms with Gasteiger partial charge in [0, 0.05) is 6.20 Å². The van der Waals surface area contributed by atoms with Crippen molar-refractivity contribution in [1.82, 2.24) is 15.3 Å². The maximum absolute atomic E-state index is 10.6. The van der Waals surface area contributed by atoms with E-state index in [-0.39, 0.29) is 11.9 Å². The summed E-state index contributed by atoms with van der Waals surface area (Å²) in [6, 6.07) is 1.94. The Kier molecular flexibility index (Phi) is 1.53. The molecule has 0 spiro atoms. The van der Waals surface area contributed by atoms with Crippen molar-refractivity contribution in [2.24, 2.45) is 0 Å². The highest BCUT2D eigenvalue weighted by molar-refractivity contribution is 5.83. The van der Waals surface area contributed by atoms with Gasteiger partial charge in [0.25, 0.3) is 0 Å². The third kappa shape index (κ3) is 1.15. The molecule has 1 amide bonds. The molecular weight excluding hydrogens is 154 g/mol. The van der Waals surface area contributed by atoms with Gasteiger partial charge in [-0.2, -0.15) is 0 Å². The molecule has 0 bridgehead atoms. The van der Waals surface area contributed by atoms with Crippen LogP contribution in [0.25, 0.3) is 0 Å². The Balaban J connectivity index is 2.18. The van der Waals surface area contributed by atoms with Crippen molar-refractivity contribution < 1.29 is 4.79 Å². The molecule has 4 nitrogen and oxygen atoms in total. The Labute approximate surface area is 70.0 Å². The highest BCUT2D eigenvalue weighted by Crippen LogP contribution is 2.21. The summed E-state index contributed by atoms with van der Waals surface area (Å²) < 4.78 is 0. The van der Waals surface area contributed by atoms with E-state index in [4.69, 9.17) is 0 Å². The number of hydrogen-bond acceptors (Lipinski definition) is 3. The molecule has 1 saturated heterocycles. The number of aryl methyl sites for hydroxylation is 1. The van der Waals surface area contributed by atoms with Crippen LogP contribution in [-0.4, -0.2) is 15.9 Å². The fourth-order valence-corrected chi connectivity index (χ4v) is 1.21. The zero-order valence-corrected chi connectivity index (χ0v) is 6.74. The van der Waals surface area contributed by atoms with Gasteiger partial charge >= 0.3 is 0 Å². The van der Waals surface area contributed by atoms with Crippen LogP contribution in [-0.2, 0) is 4.79 Å². The molecule has 2 heterocycles. The molecule has 62 valence electrons. The molecule has 1 aliphatic rings. The van der Waals surface area contributed by atoms with E-state index in [9.17, 15) is 4.79 Å². The molecule has 12 heavy (non-hydrogen) atoms. The van der Waals surface area contributed by atoms with Gasteiger partial charge in [-0.25, -0.2) is 9.97 Å². The first-order chi connectivity index (χ1) is 5.75. The summed E-state index contributed by atoms with van der Waals surface area (Å²) in [7, 11) is 0. The second-order valence-corrected chi connectivity index (χ2v) is 2.85. The fourth-order valence-electron chi connectivity index (χ4n) is 1.21. The van der Waals surface area contributed by atoms with Crippen molar-refractivity contribution in [2.45, 2.75) is 19.4 Å². The number of nitrogens with zero attached hydrogens (tertiary/aromatic N) is 2. The minimum atomic E-state index is 0.0938. The topological polar surface area (TPSA) is 54.9 Å². The Hall–Kier alpha value is -1.45. The number of aromatic nitrogens is 2. The van der Waals surface area contributed by atoms with Crippen LogP contribution in [0.1, 0.15) is 24.0 Å². The lowest BCUT2D eigenvalue weighted by Crippen LogP contribution is -2.41. The van der Waals surface area contributed by atoms with Gasteiger partial charge in [-0.1, -0.05) is 0 Å². The van der Waals surface area contributed by atoms with Crippen LogP contribution in [0.5, 0.6) is 0 Å². The van der Waals surface area contributed by atoms with E-state index in [1.807, 2.05) is 13.0 Å². The van der Waals surface area contributed by atoms with E-state index in [2.05, 4.69) is 15.3 Å². The lowest BCUT2D eigenvalue weighted by atomic mass is 10.0. The molecule has 2 rings (SSSR count). The van der Waals surface area contributed by atoms with Gasteiger partial charge in [-0.05, 0) is 13.0 Å². The Bertz CT molecular complexity index is 316. The number of hydrogen-bond donors (Lipinski definition) is 1. The number of rotatable bonds is 1. The smallest absolute Gasteiger partial charge is 0.223 e. The molecule has 1 N–H and O–H groups in total. The molecule has 1 atom stereocenters. The minimum absolute atomic E-state index is 0.0938. The summed E-state index contributed by atoms with van der Waals surface area (Å²) in [5.74, 6) is 0.838. The number of β-lactam (4-membered cyclic amide) rings is 1. The Morgan fingerprint density at radius 3 is 3.00 bits per heavy atom. The van der Waals surface area contributed by atoms with E-state index in [0.717, 1.165) is 11.5 Å². The molecule has 0 aliphatic carbocycles. The first-order valence-corrected chi connectivity index (χ1v) is 3.84. The van der Waals surface area contributed by atoms with E-state index < -0.39 is 0 Å². The summed E-state index contributed by atoms with van der Waals surface area (Å²) in [5, 5.41) is 2.76. The monoisotopic (exact) mass is 163 g/mol. The average molecular weight is 163 g/mol. The summed E-state index contributed by atoms with van der Waals surface area (Å²) in [6.45, 7) is 1.84. The number of amides is 1. The predicted octanol–water partition coefficient (Wildman–Crippen LogP) is 0.346. The zero-order chi connectivity index (χ0) is 8.55. The van der Waals surface area contributed by atoms with Crippen LogP contribution >= 0.6 is 0 Å². The van der Waals surface area contributed by atoms with Gasteiger partial charge in [-0.15, -0.1) is 0 Å². The average Bonchev–Trinajstić information content (AvgIpc) is 1.99. The molecular formula is C8H9N3O. The molecule has 1 fully saturated rings. The maximum Gasteiger partial charge on any atom is 0.223 e. The molecule has 1 aromatic heterocycles. The third-order valence-corrected chi connectivity index (χ3v) is 1.88. The second-order valence-electron chi connectivity index (χ2n) is 2.85. The molecule has 1 aliphatic heterocycles. The van der Waals surface area contributed by atoms with E-state index in [1.54, 1.807) is 6.20 Å². The van der Waals surface area contributed by atoms with Gasteiger partial charge in [0.2, 0.25) is 5.91 Å². The SMILES string of the molecule is Cc1nccc(C2CC(=O)N2)n1. The molecule has 1 aromatic rings. The second kappa shape index (κ2) is 2.55. The fraction of sp³-hybridized carbons (Fsp3) is 0.375. The quantitative estimate of drug-likeness (QED) is 0.607. The lowest BCUT2D eigenvalue weighted by molar-refractivity contribution is -0.128. The van der Waals surface area contributed by atoms with Crippen molar-refractivity contribution in [3.8, 4) is 0 Å². The number of nitrogens with one attached hydrogen (secondary N) is 1. The summed E-state index contributed by atoms with van der Waals surface area (Å²) in [4.78, 5) is 18.8.